The quantitative estimate of drug-likeness (QED) is 0.446. The van der Waals surface area contributed by atoms with Gasteiger partial charge in [0.1, 0.15) is 5.75 Å². The summed E-state index contributed by atoms with van der Waals surface area (Å²) < 4.78 is 39.5. The molecule has 0 radical (unpaired) electrons. The average molecular weight is 434 g/mol. The van der Waals surface area contributed by atoms with Gasteiger partial charge >= 0.3 is 6.18 Å². The molecule has 1 aromatic carbocycles. The molecule has 1 atom stereocenters. The number of hydrogen-bond acceptors (Lipinski definition) is 5. The monoisotopic (exact) mass is 434 g/mol. The summed E-state index contributed by atoms with van der Waals surface area (Å²) in [4.78, 5) is 10.1. The van der Waals surface area contributed by atoms with Crippen molar-refractivity contribution in [2.75, 3.05) is 11.9 Å². The van der Waals surface area contributed by atoms with Crippen molar-refractivity contribution in [3.8, 4) is 17.0 Å². The summed E-state index contributed by atoms with van der Waals surface area (Å²) in [5.74, 6) is 0.739. The van der Waals surface area contributed by atoms with Crippen molar-refractivity contribution in [1.82, 2.24) is 14.9 Å². The molecular weight excluding hydrogens is 409 g/mol. The van der Waals surface area contributed by atoms with Gasteiger partial charge in [-0.1, -0.05) is 0 Å². The molecule has 1 saturated carbocycles. The summed E-state index contributed by atoms with van der Waals surface area (Å²) in [5, 5.41) is 12.9. The van der Waals surface area contributed by atoms with Crippen molar-refractivity contribution in [3.63, 3.8) is 0 Å². The molecule has 31 heavy (non-hydrogen) atoms. The minimum Gasteiger partial charge on any atom is -0.408 e. The van der Waals surface area contributed by atoms with Crippen LogP contribution in [-0.4, -0.2) is 33.3 Å². The zero-order valence-electron chi connectivity index (χ0n) is 17.3. The maximum absolute atomic E-state index is 12.6. The smallest absolute Gasteiger partial charge is 0.390 e. The van der Waals surface area contributed by atoms with Gasteiger partial charge in [0.15, 0.2) is 5.65 Å². The number of anilines is 1. The third-order valence-corrected chi connectivity index (χ3v) is 5.22. The zero-order chi connectivity index (χ0) is 22.2. The van der Waals surface area contributed by atoms with Gasteiger partial charge in [0.2, 0.25) is 0 Å². The van der Waals surface area contributed by atoms with Crippen LogP contribution in [0.1, 0.15) is 43.4 Å². The van der Waals surface area contributed by atoms with E-state index in [2.05, 4.69) is 15.8 Å². The Bertz CT molecular complexity index is 1070. The Hall–Kier alpha value is -2.78. The number of rotatable bonds is 8. The minimum atomic E-state index is -4.25. The highest BCUT2D eigenvalue weighted by Gasteiger charge is 2.26. The second-order valence-corrected chi connectivity index (χ2v) is 7.97. The number of aromatic nitrogens is 2. The van der Waals surface area contributed by atoms with E-state index in [1.165, 1.54) is 0 Å². The summed E-state index contributed by atoms with van der Waals surface area (Å²) >= 11 is 0. The highest BCUT2D eigenvalue weighted by molar-refractivity contribution is 5.74. The minimum absolute atomic E-state index is 0.274. The van der Waals surface area contributed by atoms with Crippen molar-refractivity contribution >= 4 is 11.3 Å². The molecule has 2 aromatic heterocycles. The van der Waals surface area contributed by atoms with E-state index in [0.717, 1.165) is 35.4 Å². The number of benzene rings is 1. The van der Waals surface area contributed by atoms with E-state index in [9.17, 15) is 18.3 Å². The Balaban J connectivity index is 1.65. The highest BCUT2D eigenvalue weighted by atomic mass is 19.4. The first-order chi connectivity index (χ1) is 14.7. The Morgan fingerprint density at radius 2 is 2.06 bits per heavy atom. The first kappa shape index (κ1) is 21.5. The molecule has 166 valence electrons. The second-order valence-electron chi connectivity index (χ2n) is 7.97. The molecule has 1 fully saturated rings. The molecule has 1 unspecified atom stereocenters. The molecule has 3 aromatic rings. The lowest BCUT2D eigenvalue weighted by atomic mass is 10.1. The third kappa shape index (κ3) is 5.11. The molecule has 0 spiro atoms. The number of nitrogens with zero attached hydrogens (tertiary/aromatic N) is 2. The van der Waals surface area contributed by atoms with E-state index in [0.29, 0.717) is 22.9 Å². The number of aliphatic hydroxyl groups is 1. The van der Waals surface area contributed by atoms with Gasteiger partial charge in [-0.05, 0) is 62.1 Å². The van der Waals surface area contributed by atoms with Gasteiger partial charge < -0.3 is 15.3 Å². The molecule has 0 aliphatic heterocycles. The van der Waals surface area contributed by atoms with E-state index >= 15 is 0 Å². The molecule has 1 aliphatic carbocycles. The number of halogens is 3. The fourth-order valence-electron chi connectivity index (χ4n) is 3.29. The molecule has 1 aliphatic rings. The summed E-state index contributed by atoms with van der Waals surface area (Å²) in [6.45, 7) is 3.28. The predicted molar refractivity (Wildman–Crippen MR) is 112 cm³/mol. The Morgan fingerprint density at radius 3 is 2.71 bits per heavy atom. The van der Waals surface area contributed by atoms with Gasteiger partial charge in [-0.2, -0.15) is 18.7 Å². The second kappa shape index (κ2) is 8.39. The van der Waals surface area contributed by atoms with Gasteiger partial charge in [0.25, 0.3) is 0 Å². The topological polar surface area (TPSA) is 70.8 Å². The fraction of sp³-hybridized carbons (Fsp3) is 0.409. The lowest BCUT2D eigenvalue weighted by Crippen LogP contribution is -2.20. The number of aliphatic hydroxyl groups excluding tert-OH is 1. The van der Waals surface area contributed by atoms with E-state index < -0.39 is 18.7 Å². The molecular formula is C22H25F3N4O2. The van der Waals surface area contributed by atoms with Crippen molar-refractivity contribution in [2.24, 2.45) is 0 Å². The van der Waals surface area contributed by atoms with Crippen molar-refractivity contribution in [1.29, 1.82) is 0 Å². The molecule has 0 bridgehead atoms. The van der Waals surface area contributed by atoms with E-state index in [-0.39, 0.29) is 6.54 Å². The van der Waals surface area contributed by atoms with E-state index in [4.69, 9.17) is 4.84 Å². The van der Waals surface area contributed by atoms with Gasteiger partial charge in [-0.15, -0.1) is 0 Å². The van der Waals surface area contributed by atoms with Crippen LogP contribution in [0.5, 0.6) is 5.75 Å². The molecule has 6 nitrogen and oxygen atoms in total. The molecule has 2 heterocycles. The summed E-state index contributed by atoms with van der Waals surface area (Å²) in [6.07, 6.45) is -0.329. The number of aryl methyl sites for hydroxylation is 1. The molecule has 3 N–H and O–H groups in total. The lowest BCUT2D eigenvalue weighted by molar-refractivity contribution is -0.131. The third-order valence-electron chi connectivity index (χ3n) is 5.22. The average Bonchev–Trinajstić information content (AvgIpc) is 3.42. The normalized spacial score (nSPS) is 15.3. The maximum Gasteiger partial charge on any atom is 0.390 e. The first-order valence-electron chi connectivity index (χ1n) is 10.2. The van der Waals surface area contributed by atoms with Gasteiger partial charge in [0.05, 0.1) is 30.1 Å². The van der Waals surface area contributed by atoms with E-state index in [1.807, 2.05) is 25.1 Å². The Labute approximate surface area is 178 Å². The van der Waals surface area contributed by atoms with Gasteiger partial charge in [0, 0.05) is 24.3 Å². The van der Waals surface area contributed by atoms with Gasteiger partial charge in [-0.25, -0.2) is 4.98 Å². The Morgan fingerprint density at radius 1 is 1.29 bits per heavy atom. The number of fused-ring (bicyclic) bond motifs is 1. The van der Waals surface area contributed by atoms with Crippen LogP contribution in [0.15, 0.2) is 36.7 Å². The van der Waals surface area contributed by atoms with Crippen LogP contribution < -0.4 is 15.6 Å². The largest absolute Gasteiger partial charge is 0.408 e. The van der Waals surface area contributed by atoms with Gasteiger partial charge in [-0.3, -0.25) is 4.40 Å². The summed E-state index contributed by atoms with van der Waals surface area (Å²) in [6, 6.07) is 7.81. The Kier molecular flexibility index (Phi) is 5.81. The van der Waals surface area contributed by atoms with Crippen molar-refractivity contribution < 1.29 is 23.1 Å². The zero-order valence-corrected chi connectivity index (χ0v) is 17.3. The van der Waals surface area contributed by atoms with Crippen molar-refractivity contribution in [3.05, 3.63) is 47.8 Å². The standard InChI is InChI=1S/C22H25F3N4O2/c1-13-9-15(3-6-20(13)31-28-17-4-5-17)19-11-27-21-18(26-8-7-22(23,24)25)10-16(14(2)30)12-29(19)21/h3,6,9-12,14,17,26,28,30H,4-5,7-8H2,1-2H3. The maximum atomic E-state index is 12.6. The number of pyridine rings is 1. The van der Waals surface area contributed by atoms with Crippen molar-refractivity contribution in [2.45, 2.75) is 51.4 Å². The van der Waals surface area contributed by atoms with Crippen LogP contribution in [-0.2, 0) is 0 Å². The van der Waals surface area contributed by atoms with Crippen LogP contribution in [0.4, 0.5) is 18.9 Å². The highest BCUT2D eigenvalue weighted by Crippen LogP contribution is 2.31. The van der Waals surface area contributed by atoms with Crippen LogP contribution in [0, 0.1) is 6.92 Å². The molecule has 9 heteroatoms. The van der Waals surface area contributed by atoms with Crippen LogP contribution >= 0.6 is 0 Å². The number of alkyl halides is 3. The van der Waals surface area contributed by atoms with Crippen LogP contribution in [0.2, 0.25) is 0 Å². The molecule has 0 saturated heterocycles. The number of nitrogens with one attached hydrogen (secondary N) is 2. The molecule has 0 amide bonds. The SMILES string of the molecule is Cc1cc(-c2cnc3c(NCCC(F)(F)F)cc(C(C)O)cn23)ccc1ONC1CC1. The summed E-state index contributed by atoms with van der Waals surface area (Å²) in [5.41, 5.74) is 7.12. The van der Waals surface area contributed by atoms with E-state index in [1.54, 1.807) is 29.8 Å². The predicted octanol–water partition coefficient (Wildman–Crippen LogP) is 4.77. The summed E-state index contributed by atoms with van der Waals surface area (Å²) in [7, 11) is 0. The number of hydroxylamine groups is 1. The number of imidazole rings is 1. The van der Waals surface area contributed by atoms with Crippen LogP contribution in [0.25, 0.3) is 16.9 Å². The lowest BCUT2D eigenvalue weighted by Gasteiger charge is -2.14. The first-order valence-corrected chi connectivity index (χ1v) is 10.2. The number of hydrogen-bond donors (Lipinski definition) is 3. The fourth-order valence-corrected chi connectivity index (χ4v) is 3.29. The molecule has 4 rings (SSSR count). The van der Waals surface area contributed by atoms with Crippen LogP contribution in [0.3, 0.4) is 0 Å².